The highest BCUT2D eigenvalue weighted by Crippen LogP contribution is 2.13. The Morgan fingerprint density at radius 2 is 2.22 bits per heavy atom. The summed E-state index contributed by atoms with van der Waals surface area (Å²) in [5, 5.41) is 2.57. The molecule has 2 unspecified atom stereocenters. The van der Waals surface area contributed by atoms with E-state index in [0.29, 0.717) is 6.61 Å². The van der Waals surface area contributed by atoms with E-state index in [2.05, 4.69) is 5.32 Å². The number of carbonyl (C=O) groups is 1. The van der Waals surface area contributed by atoms with Crippen LogP contribution >= 0.6 is 0 Å². The van der Waals surface area contributed by atoms with Crippen LogP contribution in [0, 0.1) is 17.6 Å². The van der Waals surface area contributed by atoms with Gasteiger partial charge in [0.25, 0.3) is 0 Å². The molecule has 0 radical (unpaired) electrons. The molecule has 1 amide bonds. The van der Waals surface area contributed by atoms with Crippen molar-refractivity contribution in [1.82, 2.24) is 5.32 Å². The number of halogens is 2. The van der Waals surface area contributed by atoms with Crippen LogP contribution in [-0.2, 0) is 16.1 Å². The minimum atomic E-state index is -0.678. The number of benzene rings is 1. The van der Waals surface area contributed by atoms with E-state index < -0.39 is 17.6 Å². The Kier molecular flexibility index (Phi) is 3.88. The van der Waals surface area contributed by atoms with Gasteiger partial charge in [-0.15, -0.1) is 0 Å². The molecule has 2 rings (SSSR count). The average molecular weight is 256 g/mol. The summed E-state index contributed by atoms with van der Waals surface area (Å²) in [4.78, 5) is 11.7. The zero-order valence-corrected chi connectivity index (χ0v) is 9.66. The van der Waals surface area contributed by atoms with Crippen LogP contribution in [0.5, 0.6) is 0 Å². The number of ether oxygens (including phenoxy) is 1. The Morgan fingerprint density at radius 3 is 2.83 bits per heavy atom. The van der Waals surface area contributed by atoms with Gasteiger partial charge in [0.2, 0.25) is 5.91 Å². The third-order valence-corrected chi connectivity index (χ3v) is 2.93. The van der Waals surface area contributed by atoms with Crippen LogP contribution in [0.1, 0.15) is 5.56 Å². The van der Waals surface area contributed by atoms with Crippen molar-refractivity contribution in [2.24, 2.45) is 11.7 Å². The molecule has 1 aliphatic rings. The molecule has 6 heteroatoms. The van der Waals surface area contributed by atoms with Crippen molar-refractivity contribution in [2.45, 2.75) is 12.6 Å². The number of nitrogens with two attached hydrogens (primary N) is 1. The monoisotopic (exact) mass is 256 g/mol. The lowest BCUT2D eigenvalue weighted by Gasteiger charge is -2.13. The Bertz CT molecular complexity index is 454. The van der Waals surface area contributed by atoms with E-state index in [0.717, 1.165) is 12.1 Å². The second kappa shape index (κ2) is 5.41. The molecule has 1 aromatic carbocycles. The molecule has 2 atom stereocenters. The van der Waals surface area contributed by atoms with Crippen molar-refractivity contribution in [3.05, 3.63) is 35.4 Å². The van der Waals surface area contributed by atoms with Gasteiger partial charge in [-0.25, -0.2) is 8.78 Å². The lowest BCUT2D eigenvalue weighted by Crippen LogP contribution is -2.40. The van der Waals surface area contributed by atoms with E-state index in [1.54, 1.807) is 0 Å². The highest BCUT2D eigenvalue weighted by atomic mass is 19.1. The molecule has 1 saturated heterocycles. The minimum absolute atomic E-state index is 0.00810. The quantitative estimate of drug-likeness (QED) is 0.830. The van der Waals surface area contributed by atoms with Gasteiger partial charge in [-0.05, 0) is 6.07 Å². The van der Waals surface area contributed by atoms with Crippen LogP contribution in [0.15, 0.2) is 18.2 Å². The molecule has 0 saturated carbocycles. The highest BCUT2D eigenvalue weighted by molar-refractivity contribution is 5.79. The molecule has 18 heavy (non-hydrogen) atoms. The first-order valence-corrected chi connectivity index (χ1v) is 5.63. The number of hydrogen-bond donors (Lipinski definition) is 2. The molecule has 0 aliphatic carbocycles. The van der Waals surface area contributed by atoms with Gasteiger partial charge < -0.3 is 15.8 Å². The summed E-state index contributed by atoms with van der Waals surface area (Å²) < 4.78 is 31.1. The first kappa shape index (κ1) is 12.9. The van der Waals surface area contributed by atoms with Crippen molar-refractivity contribution in [2.75, 3.05) is 13.2 Å². The van der Waals surface area contributed by atoms with Crippen molar-refractivity contribution >= 4 is 5.91 Å². The number of hydrogen-bond acceptors (Lipinski definition) is 3. The first-order chi connectivity index (χ1) is 8.58. The standard InChI is InChI=1S/C12H14F2N2O2/c13-8-2-1-7(10(14)3-8)4-16-12(17)9-5-18-6-11(9)15/h1-3,9,11H,4-6,15H2,(H,16,17). The van der Waals surface area contributed by atoms with Crippen molar-refractivity contribution in [1.29, 1.82) is 0 Å². The Morgan fingerprint density at radius 1 is 1.44 bits per heavy atom. The summed E-state index contributed by atoms with van der Waals surface area (Å²) >= 11 is 0. The second-order valence-corrected chi connectivity index (χ2v) is 4.26. The molecule has 0 spiro atoms. The van der Waals surface area contributed by atoms with E-state index >= 15 is 0 Å². The normalized spacial score (nSPS) is 23.1. The van der Waals surface area contributed by atoms with Crippen LogP contribution < -0.4 is 11.1 Å². The van der Waals surface area contributed by atoms with Crippen LogP contribution in [0.3, 0.4) is 0 Å². The fourth-order valence-corrected chi connectivity index (χ4v) is 1.82. The van der Waals surface area contributed by atoms with Crippen molar-refractivity contribution in [3.8, 4) is 0 Å². The number of carbonyl (C=O) groups excluding carboxylic acids is 1. The third kappa shape index (κ3) is 2.83. The summed E-state index contributed by atoms with van der Waals surface area (Å²) in [7, 11) is 0. The maximum absolute atomic E-state index is 13.3. The molecule has 1 fully saturated rings. The minimum Gasteiger partial charge on any atom is -0.379 e. The highest BCUT2D eigenvalue weighted by Gasteiger charge is 2.31. The second-order valence-electron chi connectivity index (χ2n) is 4.26. The van der Waals surface area contributed by atoms with Gasteiger partial charge in [-0.2, -0.15) is 0 Å². The predicted octanol–water partition coefficient (Wildman–Crippen LogP) is 0.555. The predicted molar refractivity (Wildman–Crippen MR) is 60.5 cm³/mol. The molecular formula is C12H14F2N2O2. The van der Waals surface area contributed by atoms with E-state index in [9.17, 15) is 13.6 Å². The molecule has 0 bridgehead atoms. The molecule has 98 valence electrons. The van der Waals surface area contributed by atoms with Crippen LogP contribution in [0.4, 0.5) is 8.78 Å². The van der Waals surface area contributed by atoms with Gasteiger partial charge in [0.15, 0.2) is 0 Å². The summed E-state index contributed by atoms with van der Waals surface area (Å²) in [6, 6.07) is 2.90. The molecule has 0 aromatic heterocycles. The van der Waals surface area contributed by atoms with Crippen LogP contribution in [-0.4, -0.2) is 25.2 Å². The molecular weight excluding hydrogens is 242 g/mol. The molecule has 1 aromatic rings. The zero-order chi connectivity index (χ0) is 13.1. The zero-order valence-electron chi connectivity index (χ0n) is 9.66. The first-order valence-electron chi connectivity index (χ1n) is 5.63. The number of nitrogens with one attached hydrogen (secondary N) is 1. The average Bonchev–Trinajstić information content (AvgIpc) is 2.74. The van der Waals surface area contributed by atoms with E-state index in [1.165, 1.54) is 6.07 Å². The molecule has 3 N–H and O–H groups in total. The van der Waals surface area contributed by atoms with Gasteiger partial charge in [0.1, 0.15) is 11.6 Å². The Balaban J connectivity index is 1.93. The molecule has 1 aliphatic heterocycles. The largest absolute Gasteiger partial charge is 0.379 e. The lowest BCUT2D eigenvalue weighted by molar-refractivity contribution is -0.125. The summed E-state index contributed by atoms with van der Waals surface area (Å²) in [5.74, 6) is -2.01. The number of amides is 1. The maximum atomic E-state index is 13.3. The van der Waals surface area contributed by atoms with Crippen LogP contribution in [0.2, 0.25) is 0 Å². The molecule has 1 heterocycles. The smallest absolute Gasteiger partial charge is 0.227 e. The number of rotatable bonds is 3. The fraction of sp³-hybridized carbons (Fsp3) is 0.417. The van der Waals surface area contributed by atoms with Crippen molar-refractivity contribution < 1.29 is 18.3 Å². The lowest BCUT2D eigenvalue weighted by atomic mass is 10.0. The van der Waals surface area contributed by atoms with Crippen LogP contribution in [0.25, 0.3) is 0 Å². The van der Waals surface area contributed by atoms with Gasteiger partial charge in [-0.3, -0.25) is 4.79 Å². The summed E-state index contributed by atoms with van der Waals surface area (Å²) in [6.45, 7) is 0.635. The van der Waals surface area contributed by atoms with Crippen molar-refractivity contribution in [3.63, 3.8) is 0 Å². The van der Waals surface area contributed by atoms with Gasteiger partial charge in [0, 0.05) is 24.2 Å². The third-order valence-electron chi connectivity index (χ3n) is 2.93. The van der Waals surface area contributed by atoms with Gasteiger partial charge in [-0.1, -0.05) is 6.07 Å². The topological polar surface area (TPSA) is 64.3 Å². The Labute approximate surface area is 103 Å². The summed E-state index contributed by atoms with van der Waals surface area (Å²) in [6.07, 6.45) is 0. The van der Waals surface area contributed by atoms with E-state index in [1.807, 2.05) is 0 Å². The van der Waals surface area contributed by atoms with Gasteiger partial charge in [0.05, 0.1) is 19.1 Å². The van der Waals surface area contributed by atoms with E-state index in [4.69, 9.17) is 10.5 Å². The Hall–Kier alpha value is -1.53. The maximum Gasteiger partial charge on any atom is 0.227 e. The molecule has 4 nitrogen and oxygen atoms in total. The fourth-order valence-electron chi connectivity index (χ4n) is 1.82. The van der Waals surface area contributed by atoms with Gasteiger partial charge >= 0.3 is 0 Å². The van der Waals surface area contributed by atoms with E-state index in [-0.39, 0.29) is 30.7 Å². The SMILES string of the molecule is NC1COCC1C(=O)NCc1ccc(F)cc1F. The summed E-state index contributed by atoms with van der Waals surface area (Å²) in [5.41, 5.74) is 5.92.